The van der Waals surface area contributed by atoms with E-state index in [2.05, 4.69) is 60.0 Å². The highest BCUT2D eigenvalue weighted by atomic mass is 35.5. The van der Waals surface area contributed by atoms with Gasteiger partial charge in [-0.05, 0) is 247 Å². The number of pyridine rings is 2. The molecule has 0 radical (unpaired) electrons. The molecule has 13 nitrogen and oxygen atoms in total. The third-order valence-corrected chi connectivity index (χ3v) is 23.6. The van der Waals surface area contributed by atoms with Crippen LogP contribution in [0.2, 0.25) is 20.1 Å². The molecule has 8 aromatic rings. The normalized spacial score (nSPS) is 19.8. The molecule has 6 aromatic carbocycles. The number of likely N-dealkylation sites (tertiary alicyclic amines) is 6. The quantitative estimate of drug-likeness (QED) is 0.113. The zero-order chi connectivity index (χ0) is 69.7. The van der Waals surface area contributed by atoms with Gasteiger partial charge in [-0.15, -0.1) is 0 Å². The van der Waals surface area contributed by atoms with E-state index >= 15 is 0 Å². The fourth-order valence-electron chi connectivity index (χ4n) is 16.3. The van der Waals surface area contributed by atoms with E-state index in [1.165, 1.54) is 42.4 Å². The molecule has 2 atom stereocenters. The Balaban J connectivity index is 0.000000153. The number of fused-ring (bicyclic) bond motifs is 2. The minimum absolute atomic E-state index is 0. The molecule has 0 saturated carbocycles. The molecule has 2 aromatic heterocycles. The molecule has 6 aliphatic rings. The van der Waals surface area contributed by atoms with Gasteiger partial charge in [0.1, 0.15) is 11.5 Å². The van der Waals surface area contributed by atoms with Crippen LogP contribution in [0.25, 0.3) is 21.7 Å². The molecule has 0 spiro atoms. The Morgan fingerprint density at radius 3 is 1.63 bits per heavy atom. The van der Waals surface area contributed by atoms with Crippen LogP contribution < -0.4 is 5.32 Å². The van der Waals surface area contributed by atoms with Gasteiger partial charge < -0.3 is 29.8 Å². The van der Waals surface area contributed by atoms with Crippen LogP contribution in [0, 0.1) is 30.5 Å². The second-order valence-corrected chi connectivity index (χ2v) is 30.2. The predicted molar refractivity (Wildman–Crippen MR) is 404 cm³/mol. The van der Waals surface area contributed by atoms with E-state index in [9.17, 15) is 23.6 Å². The average Bonchev–Trinajstić information content (AvgIpc) is 0.807. The van der Waals surface area contributed by atoms with Crippen LogP contribution in [0.1, 0.15) is 128 Å². The molecule has 8 heterocycles. The minimum Gasteiger partial charge on any atom is -0.352 e. The van der Waals surface area contributed by atoms with Crippen LogP contribution in [-0.2, 0) is 35.3 Å². The maximum atomic E-state index is 13.2. The topological polar surface area (TPSA) is 126 Å². The third kappa shape index (κ3) is 19.2. The lowest BCUT2D eigenvalue weighted by atomic mass is 9.84. The highest BCUT2D eigenvalue weighted by Gasteiger charge is 2.37. The summed E-state index contributed by atoms with van der Waals surface area (Å²) in [6.07, 6.45) is 18.9. The zero-order valence-electron chi connectivity index (χ0n) is 57.7. The summed E-state index contributed by atoms with van der Waals surface area (Å²) in [6.45, 7) is 14.9. The molecular weight excluding hydrogens is 1340 g/mol. The Labute approximate surface area is 611 Å². The first kappa shape index (κ1) is 72.8. The third-order valence-electron chi connectivity index (χ3n) is 22.1. The van der Waals surface area contributed by atoms with Crippen molar-refractivity contribution in [3.05, 3.63) is 223 Å². The van der Waals surface area contributed by atoms with E-state index in [0.29, 0.717) is 73.6 Å². The number of benzene rings is 6. The van der Waals surface area contributed by atoms with Gasteiger partial charge in [-0.1, -0.05) is 125 Å². The average molecular weight is 1430 g/mol. The number of amides is 4. The number of nitrogens with zero attached hydrogens (tertiary/aromatic N) is 8. The van der Waals surface area contributed by atoms with Crippen LogP contribution in [0.5, 0.6) is 0 Å². The SMILES string of the molecule is CC(=O)N[C@@H]1CN(C2CCN(C(=O)c3ccc4ncccc4c3)CC2)CC[C@@H]1Cc1ccc(Cl)c(Cl)c1.Cc1ccccc1CC(=O)N1CCC(N2CCC(Cc3ccc(F)cc3)CC2)CC1.O=C(c1nccc2ccccc12)N1CCC(N2CCC(Cc3ccc(Cl)c(Cl)c3)CC2)CC1.[HH]. The lowest BCUT2D eigenvalue weighted by molar-refractivity contribution is -0.132. The van der Waals surface area contributed by atoms with Crippen molar-refractivity contribution in [3.63, 3.8) is 0 Å². The van der Waals surface area contributed by atoms with Crippen molar-refractivity contribution in [1.82, 2.24) is 44.7 Å². The van der Waals surface area contributed by atoms with Crippen molar-refractivity contribution in [3.8, 4) is 0 Å². The van der Waals surface area contributed by atoms with Crippen LogP contribution in [-0.4, -0.2) is 166 Å². The van der Waals surface area contributed by atoms with Gasteiger partial charge in [0.05, 0.1) is 32.0 Å². The van der Waals surface area contributed by atoms with Gasteiger partial charge in [-0.25, -0.2) is 4.39 Å². The summed E-state index contributed by atoms with van der Waals surface area (Å²) in [7, 11) is 0. The van der Waals surface area contributed by atoms with Gasteiger partial charge in [-0.2, -0.15) is 0 Å². The number of halogens is 5. The number of aryl methyl sites for hydroxylation is 1. The van der Waals surface area contributed by atoms with Crippen LogP contribution >= 0.6 is 46.4 Å². The Morgan fingerprint density at radius 2 is 1.02 bits per heavy atom. The molecule has 100 heavy (non-hydrogen) atoms. The number of rotatable bonds is 14. The van der Waals surface area contributed by atoms with Crippen LogP contribution in [0.4, 0.5) is 4.39 Å². The molecular formula is C82H96Cl4FN9O4. The van der Waals surface area contributed by atoms with Crippen LogP contribution in [0.15, 0.2) is 158 Å². The van der Waals surface area contributed by atoms with E-state index in [1.54, 1.807) is 31.5 Å². The molecule has 6 saturated heterocycles. The minimum atomic E-state index is -0.155. The monoisotopic (exact) mass is 1430 g/mol. The summed E-state index contributed by atoms with van der Waals surface area (Å²) >= 11 is 24.6. The summed E-state index contributed by atoms with van der Waals surface area (Å²) in [5.41, 5.74) is 8.19. The zero-order valence-corrected chi connectivity index (χ0v) is 60.8. The van der Waals surface area contributed by atoms with E-state index in [-0.39, 0.29) is 36.9 Å². The second kappa shape index (κ2) is 34.8. The lowest BCUT2D eigenvalue weighted by Gasteiger charge is -2.45. The first-order valence-electron chi connectivity index (χ1n) is 36.2. The maximum Gasteiger partial charge on any atom is 0.273 e. The summed E-state index contributed by atoms with van der Waals surface area (Å²) in [5.74, 6) is 1.97. The molecule has 0 bridgehead atoms. The number of aromatic nitrogens is 2. The van der Waals surface area contributed by atoms with Gasteiger partial charge in [0.15, 0.2) is 0 Å². The molecule has 528 valence electrons. The lowest BCUT2D eigenvalue weighted by Crippen LogP contribution is -2.57. The first-order valence-corrected chi connectivity index (χ1v) is 37.8. The van der Waals surface area contributed by atoms with Crippen molar-refractivity contribution in [1.29, 1.82) is 0 Å². The van der Waals surface area contributed by atoms with E-state index in [4.69, 9.17) is 46.4 Å². The number of hydrogen-bond donors (Lipinski definition) is 1. The van der Waals surface area contributed by atoms with Crippen molar-refractivity contribution in [2.24, 2.45) is 17.8 Å². The van der Waals surface area contributed by atoms with Gasteiger partial charge in [0.2, 0.25) is 11.8 Å². The fraction of sp³-hybridized carbons (Fsp3) is 0.439. The molecule has 4 amide bonds. The standard InChI is InChI=1S/C29H32Cl2N4O2.C27H29Cl2N3O.C26H33FN2O.H2/c1-19(36)33-28-18-35(12-8-22(28)15-20-4-6-25(30)26(31)16-20)24-9-13-34(14-10-24)29(37)23-5-7-27-21(17-23)3-2-11-32-27;28-24-6-5-20(18-25(24)29)17-19-8-13-31(14-9-19)22-10-15-32(16-11-22)27(33)26-23-4-2-1-3-21(23)7-12-30-26;1-20-4-2-3-5-23(20)19-26(30)29-16-12-25(13-17-29)28-14-10-22(11-15-28)18-21-6-8-24(27)9-7-21;/h2-7,11,16-17,22,24,28H,8-10,12-15,18H2,1H3,(H,33,36);1-7,12,18-19,22H,8-11,13-17H2;2-9,22,25H,10-19H2,1H3;1H/t22-,28-;;;/m1.../s1. The molecule has 14 rings (SSSR count). The number of carbonyl (C=O) groups is 4. The molecule has 1 N–H and O–H groups in total. The van der Waals surface area contributed by atoms with E-state index in [0.717, 1.165) is 176 Å². The Kier molecular flexibility index (Phi) is 25.3. The Hall–Kier alpha value is -7.01. The Bertz CT molecular complexity index is 4090. The van der Waals surface area contributed by atoms with Gasteiger partial charge >= 0.3 is 0 Å². The summed E-state index contributed by atoms with van der Waals surface area (Å²) in [4.78, 5) is 73.7. The number of piperidine rings is 6. The van der Waals surface area contributed by atoms with E-state index in [1.807, 2.05) is 125 Å². The van der Waals surface area contributed by atoms with Crippen molar-refractivity contribution in [2.45, 2.75) is 134 Å². The second-order valence-electron chi connectivity index (χ2n) is 28.6. The van der Waals surface area contributed by atoms with Crippen molar-refractivity contribution < 1.29 is 25.0 Å². The smallest absolute Gasteiger partial charge is 0.273 e. The van der Waals surface area contributed by atoms with Crippen molar-refractivity contribution >= 4 is 91.7 Å². The molecule has 0 aliphatic carbocycles. The fourth-order valence-corrected chi connectivity index (χ4v) is 16.9. The summed E-state index contributed by atoms with van der Waals surface area (Å²) < 4.78 is 13.1. The van der Waals surface area contributed by atoms with Gasteiger partial charge in [-0.3, -0.25) is 34.0 Å². The largest absolute Gasteiger partial charge is 0.352 e. The van der Waals surface area contributed by atoms with Crippen LogP contribution in [0.3, 0.4) is 0 Å². The molecule has 18 heteroatoms. The highest BCUT2D eigenvalue weighted by molar-refractivity contribution is 6.42. The number of hydrogen-bond acceptors (Lipinski definition) is 9. The predicted octanol–water partition coefficient (Wildman–Crippen LogP) is 16.2. The number of nitrogens with one attached hydrogen (secondary N) is 1. The molecule has 6 fully saturated rings. The van der Waals surface area contributed by atoms with Crippen molar-refractivity contribution in [2.75, 3.05) is 78.5 Å². The highest BCUT2D eigenvalue weighted by Crippen LogP contribution is 2.34. The Morgan fingerprint density at radius 1 is 0.490 bits per heavy atom. The van der Waals surface area contributed by atoms with Gasteiger partial charge in [0.25, 0.3) is 11.8 Å². The maximum absolute atomic E-state index is 13.2. The molecule has 0 unspecified atom stereocenters. The first-order chi connectivity index (χ1) is 48.5. The van der Waals surface area contributed by atoms with Gasteiger partial charge in [0, 0.05) is 107 Å². The molecule has 6 aliphatic heterocycles. The summed E-state index contributed by atoms with van der Waals surface area (Å²) in [5, 5.41) is 8.58. The summed E-state index contributed by atoms with van der Waals surface area (Å²) in [6, 6.07) is 48.2. The number of carbonyl (C=O) groups excluding carboxylic acids is 4. The van der Waals surface area contributed by atoms with E-state index < -0.39 is 0 Å².